The molecule has 0 spiro atoms. The van der Waals surface area contributed by atoms with Gasteiger partial charge in [0.2, 0.25) is 5.95 Å². The Labute approximate surface area is 210 Å². The molecule has 1 amide bonds. The number of nitrogens with zero attached hydrogens (tertiary/aromatic N) is 6. The molecule has 1 unspecified atom stereocenters. The maximum Gasteiger partial charge on any atom is 0.423 e. The Morgan fingerprint density at radius 1 is 1.11 bits per heavy atom. The van der Waals surface area contributed by atoms with Gasteiger partial charge in [0.05, 0.1) is 29.7 Å². The minimum absolute atomic E-state index is 0.0288. The second-order valence-corrected chi connectivity index (χ2v) is 8.66. The Balaban J connectivity index is 1.27. The minimum atomic E-state index is -4.89. The first kappa shape index (κ1) is 27.1. The number of H-pyrrole nitrogens is 1. The molecule has 2 fully saturated rings. The molecule has 0 bridgehead atoms. The molecule has 3 heterocycles. The van der Waals surface area contributed by atoms with Gasteiger partial charge in [-0.25, -0.2) is 15.1 Å². The van der Waals surface area contributed by atoms with Gasteiger partial charge in [-0.2, -0.15) is 31.4 Å². The summed E-state index contributed by atoms with van der Waals surface area (Å²) in [5.41, 5.74) is -4.22. The first-order valence-electron chi connectivity index (χ1n) is 11.4. The maximum atomic E-state index is 13.3. The number of carbonyl (C=O) groups excluding carboxylic acids is 1. The van der Waals surface area contributed by atoms with E-state index in [9.17, 15) is 35.9 Å². The third-order valence-corrected chi connectivity index (χ3v) is 5.96. The summed E-state index contributed by atoms with van der Waals surface area (Å²) in [7, 11) is 0. The number of alkyl halides is 6. The number of piperazine rings is 1. The fraction of sp³-hybridized carbons (Fsp3) is 0.524. The summed E-state index contributed by atoms with van der Waals surface area (Å²) in [6.07, 6.45) is -4.46. The quantitative estimate of drug-likeness (QED) is 0.292. The number of hydrogen-bond donors (Lipinski definition) is 2. The molecule has 206 valence electrons. The van der Waals surface area contributed by atoms with E-state index >= 15 is 0 Å². The van der Waals surface area contributed by atoms with Crippen molar-refractivity contribution in [1.82, 2.24) is 25.1 Å². The summed E-state index contributed by atoms with van der Waals surface area (Å²) in [6, 6.07) is -0.679. The highest BCUT2D eigenvalue weighted by molar-refractivity contribution is 5.78. The van der Waals surface area contributed by atoms with Crippen molar-refractivity contribution >= 4 is 23.8 Å². The molecule has 1 aliphatic carbocycles. The van der Waals surface area contributed by atoms with Gasteiger partial charge in [0, 0.05) is 38.6 Å². The molecule has 1 saturated carbocycles. The number of amides is 1. The van der Waals surface area contributed by atoms with Crippen LogP contribution in [-0.2, 0) is 22.0 Å². The number of anilines is 2. The molecule has 0 aromatic carbocycles. The molecule has 2 aromatic rings. The average molecular weight is 548 g/mol. The van der Waals surface area contributed by atoms with Crippen molar-refractivity contribution in [2.75, 3.05) is 43.0 Å². The minimum Gasteiger partial charge on any atom is -0.386 e. The predicted octanol–water partition coefficient (Wildman–Crippen LogP) is 2.14. The zero-order valence-electron chi connectivity index (χ0n) is 19.6. The van der Waals surface area contributed by atoms with E-state index in [0.29, 0.717) is 25.5 Å². The number of halogens is 6. The normalized spacial score (nSPS) is 17.5. The lowest BCUT2D eigenvalue weighted by molar-refractivity contribution is -0.139. The van der Waals surface area contributed by atoms with Crippen LogP contribution in [0.1, 0.15) is 24.0 Å². The molecule has 2 N–H and O–H groups in total. The zero-order valence-corrected chi connectivity index (χ0v) is 19.6. The highest BCUT2D eigenvalue weighted by atomic mass is 19.4. The lowest BCUT2D eigenvalue weighted by Crippen LogP contribution is -2.50. The van der Waals surface area contributed by atoms with E-state index < -0.39 is 53.3 Å². The van der Waals surface area contributed by atoms with Crippen LogP contribution in [0.5, 0.6) is 0 Å². The molecular formula is C21H22F6N8O3. The van der Waals surface area contributed by atoms with Crippen LogP contribution in [0.15, 0.2) is 28.5 Å². The van der Waals surface area contributed by atoms with Crippen molar-refractivity contribution in [3.05, 3.63) is 40.1 Å². The number of nitrogens with one attached hydrogen (secondary N) is 2. The van der Waals surface area contributed by atoms with Crippen LogP contribution in [0, 0.1) is 5.92 Å². The highest BCUT2D eigenvalue weighted by Crippen LogP contribution is 2.36. The lowest BCUT2D eigenvalue weighted by atomic mass is 10.1. The van der Waals surface area contributed by atoms with Gasteiger partial charge in [0.15, 0.2) is 6.61 Å². The van der Waals surface area contributed by atoms with Crippen molar-refractivity contribution < 1.29 is 36.0 Å². The summed E-state index contributed by atoms with van der Waals surface area (Å²) < 4.78 is 77.9. The van der Waals surface area contributed by atoms with Crippen LogP contribution in [0.3, 0.4) is 0 Å². The van der Waals surface area contributed by atoms with E-state index in [1.807, 2.05) is 0 Å². The van der Waals surface area contributed by atoms with Gasteiger partial charge in [0.25, 0.3) is 11.5 Å². The highest BCUT2D eigenvalue weighted by Gasteiger charge is 2.39. The summed E-state index contributed by atoms with van der Waals surface area (Å²) >= 11 is 0. The summed E-state index contributed by atoms with van der Waals surface area (Å²) in [6.45, 7) is 0.654. The Morgan fingerprint density at radius 2 is 1.76 bits per heavy atom. The smallest absolute Gasteiger partial charge is 0.386 e. The van der Waals surface area contributed by atoms with Crippen LogP contribution in [0.2, 0.25) is 0 Å². The van der Waals surface area contributed by atoms with Gasteiger partial charge in [-0.05, 0) is 18.8 Å². The third kappa shape index (κ3) is 6.69. The van der Waals surface area contributed by atoms with Gasteiger partial charge in [-0.3, -0.25) is 9.59 Å². The van der Waals surface area contributed by atoms with Crippen LogP contribution in [0.25, 0.3) is 0 Å². The van der Waals surface area contributed by atoms with Gasteiger partial charge in [0.1, 0.15) is 5.56 Å². The van der Waals surface area contributed by atoms with E-state index in [1.165, 1.54) is 11.1 Å². The predicted molar refractivity (Wildman–Crippen MR) is 120 cm³/mol. The molecular weight excluding hydrogens is 526 g/mol. The molecule has 1 atom stereocenters. The Hall–Kier alpha value is -3.92. The molecule has 17 heteroatoms. The number of aromatic nitrogens is 4. The van der Waals surface area contributed by atoms with Gasteiger partial charge < -0.3 is 20.0 Å². The first-order valence-corrected chi connectivity index (χ1v) is 11.4. The number of hydrogen-bond acceptors (Lipinski definition) is 9. The topological polar surface area (TPSA) is 129 Å². The van der Waals surface area contributed by atoms with Gasteiger partial charge >= 0.3 is 12.4 Å². The Bertz CT molecular complexity index is 1210. The number of oxime groups is 1. The molecule has 4 rings (SSSR count). The second-order valence-electron chi connectivity index (χ2n) is 8.66. The fourth-order valence-electron chi connectivity index (χ4n) is 3.78. The van der Waals surface area contributed by atoms with Gasteiger partial charge in [-0.15, -0.1) is 0 Å². The fourth-order valence-corrected chi connectivity index (χ4v) is 3.78. The van der Waals surface area contributed by atoms with Crippen LogP contribution in [-0.4, -0.2) is 76.0 Å². The van der Waals surface area contributed by atoms with Crippen LogP contribution < -0.4 is 15.8 Å². The van der Waals surface area contributed by atoms with E-state index in [4.69, 9.17) is 4.84 Å². The molecule has 2 aliphatic rings. The SMILES string of the molecule is O=C(CON=CC(Nc1cn[nH]c(=O)c1C(F)(F)F)C1CC1)N1CCN(c2ncc(C(F)(F)F)cn2)CC1. The van der Waals surface area contributed by atoms with E-state index in [-0.39, 0.29) is 25.0 Å². The lowest BCUT2D eigenvalue weighted by Gasteiger charge is -2.34. The van der Waals surface area contributed by atoms with Crippen molar-refractivity contribution in [3.8, 4) is 0 Å². The van der Waals surface area contributed by atoms with E-state index in [0.717, 1.165) is 19.0 Å². The van der Waals surface area contributed by atoms with Crippen molar-refractivity contribution in [1.29, 1.82) is 0 Å². The van der Waals surface area contributed by atoms with Crippen LogP contribution in [0.4, 0.5) is 38.0 Å². The number of carbonyl (C=O) groups is 1. The molecule has 0 radical (unpaired) electrons. The molecule has 11 nitrogen and oxygen atoms in total. The largest absolute Gasteiger partial charge is 0.423 e. The monoisotopic (exact) mass is 548 g/mol. The number of rotatable bonds is 8. The standard InChI is InChI=1S/C21H22F6N8O3/c22-20(23,24)13-7-28-19(29-8-13)35-5-3-34(4-6-35)16(36)11-38-31-10-14(12-1-2-12)32-15-9-30-33-18(37)17(15)21(25,26)27/h7-10,12,14H,1-6,11H2,(H2,32,33,37). The molecule has 1 saturated heterocycles. The van der Waals surface area contributed by atoms with Crippen LogP contribution >= 0.6 is 0 Å². The Morgan fingerprint density at radius 3 is 2.34 bits per heavy atom. The molecule has 2 aromatic heterocycles. The summed E-state index contributed by atoms with van der Waals surface area (Å²) in [5.74, 6) is -0.308. The summed E-state index contributed by atoms with van der Waals surface area (Å²) in [5, 5.41) is 11.5. The average Bonchev–Trinajstić information content (AvgIpc) is 3.70. The Kier molecular flexibility index (Phi) is 7.73. The van der Waals surface area contributed by atoms with Crippen molar-refractivity contribution in [2.45, 2.75) is 31.2 Å². The summed E-state index contributed by atoms with van der Waals surface area (Å²) in [4.78, 5) is 39.8. The number of aromatic amines is 1. The van der Waals surface area contributed by atoms with E-state index in [1.54, 1.807) is 10.00 Å². The van der Waals surface area contributed by atoms with Gasteiger partial charge in [-0.1, -0.05) is 5.16 Å². The molecule has 38 heavy (non-hydrogen) atoms. The maximum absolute atomic E-state index is 13.3. The second kappa shape index (κ2) is 10.8. The van der Waals surface area contributed by atoms with Crippen molar-refractivity contribution in [2.24, 2.45) is 11.1 Å². The third-order valence-electron chi connectivity index (χ3n) is 5.96. The molecule has 1 aliphatic heterocycles. The zero-order chi connectivity index (χ0) is 27.5. The van der Waals surface area contributed by atoms with Crippen molar-refractivity contribution in [3.63, 3.8) is 0 Å². The van der Waals surface area contributed by atoms with E-state index in [2.05, 4.69) is 25.5 Å². The first-order chi connectivity index (χ1) is 17.9.